The van der Waals surface area contributed by atoms with Crippen molar-refractivity contribution in [3.8, 4) is 0 Å². The first-order valence-corrected chi connectivity index (χ1v) is 4.75. The highest BCUT2D eigenvalue weighted by Gasteiger charge is 2.36. The lowest BCUT2D eigenvalue weighted by molar-refractivity contribution is -0.142. The Morgan fingerprint density at radius 2 is 2.13 bits per heavy atom. The van der Waals surface area contributed by atoms with Gasteiger partial charge in [-0.05, 0) is 11.6 Å². The van der Waals surface area contributed by atoms with Gasteiger partial charge in [0.05, 0.1) is 19.1 Å². The fraction of sp³-hybridized carbons (Fsp3) is 0.364. The van der Waals surface area contributed by atoms with Crippen LogP contribution in [-0.2, 0) is 9.53 Å². The number of hydrogen-bond acceptors (Lipinski definition) is 2. The monoisotopic (exact) mass is 210 g/mol. The fourth-order valence-corrected chi connectivity index (χ4v) is 1.88. The second kappa shape index (κ2) is 3.98. The van der Waals surface area contributed by atoms with Crippen LogP contribution >= 0.6 is 0 Å². The average Bonchev–Trinajstić information content (AvgIpc) is 2.67. The summed E-state index contributed by atoms with van der Waals surface area (Å²) in [7, 11) is 0. The molecule has 80 valence electrons. The lowest BCUT2D eigenvalue weighted by Crippen LogP contribution is -2.21. The van der Waals surface area contributed by atoms with Gasteiger partial charge in [0.2, 0.25) is 0 Å². The summed E-state index contributed by atoms with van der Waals surface area (Å²) >= 11 is 0. The molecule has 2 rings (SSSR count). The summed E-state index contributed by atoms with van der Waals surface area (Å²) in [5.41, 5.74) is 0.433. The van der Waals surface area contributed by atoms with E-state index >= 15 is 0 Å². The Labute approximate surface area is 86.5 Å². The molecule has 1 N–H and O–H groups in total. The van der Waals surface area contributed by atoms with Crippen LogP contribution in [0.3, 0.4) is 0 Å². The quantitative estimate of drug-likeness (QED) is 0.807. The summed E-state index contributed by atoms with van der Waals surface area (Å²) in [6.07, 6.45) is 0. The predicted molar refractivity (Wildman–Crippen MR) is 51.1 cm³/mol. The summed E-state index contributed by atoms with van der Waals surface area (Å²) in [6.45, 7) is 0.437. The van der Waals surface area contributed by atoms with Crippen LogP contribution in [0.2, 0.25) is 0 Å². The van der Waals surface area contributed by atoms with E-state index in [-0.39, 0.29) is 24.9 Å². The van der Waals surface area contributed by atoms with E-state index in [2.05, 4.69) is 0 Å². The van der Waals surface area contributed by atoms with Crippen LogP contribution in [0.4, 0.5) is 4.39 Å². The number of aliphatic carboxylic acids is 1. The molecule has 1 aliphatic heterocycles. The van der Waals surface area contributed by atoms with E-state index < -0.39 is 11.9 Å². The average molecular weight is 210 g/mol. The third kappa shape index (κ3) is 1.85. The minimum Gasteiger partial charge on any atom is -0.481 e. The molecule has 0 bridgehead atoms. The van der Waals surface area contributed by atoms with Crippen LogP contribution in [0.5, 0.6) is 0 Å². The Kier molecular flexibility index (Phi) is 2.68. The molecule has 1 aliphatic rings. The van der Waals surface area contributed by atoms with Gasteiger partial charge in [-0.15, -0.1) is 0 Å². The maximum absolute atomic E-state index is 13.4. The molecule has 1 heterocycles. The van der Waals surface area contributed by atoms with Crippen molar-refractivity contribution in [2.45, 2.75) is 5.92 Å². The zero-order valence-electron chi connectivity index (χ0n) is 8.02. The van der Waals surface area contributed by atoms with Gasteiger partial charge in [-0.3, -0.25) is 4.79 Å². The third-order valence-corrected chi connectivity index (χ3v) is 2.70. The minimum atomic E-state index is -0.930. The molecule has 3 nitrogen and oxygen atoms in total. The highest BCUT2D eigenvalue weighted by atomic mass is 19.1. The van der Waals surface area contributed by atoms with Gasteiger partial charge in [-0.25, -0.2) is 4.39 Å². The second-order valence-corrected chi connectivity index (χ2v) is 3.61. The number of carboxylic acid groups (broad SMARTS) is 1. The summed E-state index contributed by atoms with van der Waals surface area (Å²) in [5.74, 6) is -2.30. The Hall–Kier alpha value is -1.42. The molecule has 1 saturated heterocycles. The summed E-state index contributed by atoms with van der Waals surface area (Å²) in [6, 6.07) is 6.25. The molecule has 15 heavy (non-hydrogen) atoms. The van der Waals surface area contributed by atoms with Crippen molar-refractivity contribution >= 4 is 5.97 Å². The maximum Gasteiger partial charge on any atom is 0.309 e. The van der Waals surface area contributed by atoms with E-state index in [0.717, 1.165) is 0 Å². The number of carboxylic acids is 1. The Morgan fingerprint density at radius 3 is 2.80 bits per heavy atom. The van der Waals surface area contributed by atoms with E-state index in [4.69, 9.17) is 9.84 Å². The van der Waals surface area contributed by atoms with E-state index in [0.29, 0.717) is 5.56 Å². The van der Waals surface area contributed by atoms with Crippen LogP contribution in [0.25, 0.3) is 0 Å². The highest BCUT2D eigenvalue weighted by molar-refractivity contribution is 5.72. The summed E-state index contributed by atoms with van der Waals surface area (Å²) in [5, 5.41) is 8.93. The normalized spacial score (nSPS) is 25.4. The molecule has 0 aliphatic carbocycles. The summed E-state index contributed by atoms with van der Waals surface area (Å²) in [4.78, 5) is 10.9. The van der Waals surface area contributed by atoms with Crippen molar-refractivity contribution in [1.82, 2.24) is 0 Å². The highest BCUT2D eigenvalue weighted by Crippen LogP contribution is 2.32. The number of benzene rings is 1. The lowest BCUT2D eigenvalue weighted by Gasteiger charge is -2.14. The number of carbonyl (C=O) groups is 1. The van der Waals surface area contributed by atoms with Gasteiger partial charge >= 0.3 is 5.97 Å². The van der Waals surface area contributed by atoms with E-state index in [1.54, 1.807) is 18.2 Å². The number of hydrogen-bond donors (Lipinski definition) is 1. The van der Waals surface area contributed by atoms with Gasteiger partial charge in [0, 0.05) is 5.92 Å². The van der Waals surface area contributed by atoms with Crippen LogP contribution in [-0.4, -0.2) is 24.3 Å². The molecule has 2 unspecified atom stereocenters. The molecule has 4 heteroatoms. The first-order chi connectivity index (χ1) is 7.20. The van der Waals surface area contributed by atoms with Crippen LogP contribution in [0.15, 0.2) is 24.3 Å². The summed E-state index contributed by atoms with van der Waals surface area (Å²) < 4.78 is 18.5. The van der Waals surface area contributed by atoms with E-state index in [1.165, 1.54) is 6.07 Å². The molecule has 0 radical (unpaired) electrons. The van der Waals surface area contributed by atoms with Crippen molar-refractivity contribution in [2.75, 3.05) is 13.2 Å². The zero-order valence-corrected chi connectivity index (χ0v) is 8.02. The molecule has 0 aromatic heterocycles. The molecule has 1 aromatic rings. The molecule has 0 saturated carbocycles. The topological polar surface area (TPSA) is 46.5 Å². The first-order valence-electron chi connectivity index (χ1n) is 4.75. The van der Waals surface area contributed by atoms with Crippen molar-refractivity contribution in [3.05, 3.63) is 35.6 Å². The maximum atomic E-state index is 13.4. The SMILES string of the molecule is O=C(O)C1COCC1c1ccccc1F. The lowest BCUT2D eigenvalue weighted by atomic mass is 9.89. The molecule has 0 spiro atoms. The standard InChI is InChI=1S/C11H11FO3/c12-10-4-2-1-3-7(10)8-5-15-6-9(8)11(13)14/h1-4,8-9H,5-6H2,(H,13,14). The number of ether oxygens (including phenoxy) is 1. The predicted octanol–water partition coefficient (Wildman–Crippen LogP) is 1.64. The van der Waals surface area contributed by atoms with Crippen LogP contribution in [0, 0.1) is 11.7 Å². The van der Waals surface area contributed by atoms with Crippen LogP contribution < -0.4 is 0 Å². The van der Waals surface area contributed by atoms with Crippen molar-refractivity contribution in [2.24, 2.45) is 5.92 Å². The number of halogens is 1. The molecule has 1 aromatic carbocycles. The van der Waals surface area contributed by atoms with Gasteiger partial charge in [-0.2, -0.15) is 0 Å². The van der Waals surface area contributed by atoms with E-state index in [9.17, 15) is 9.18 Å². The molecule has 0 amide bonds. The smallest absolute Gasteiger partial charge is 0.309 e. The number of rotatable bonds is 2. The largest absolute Gasteiger partial charge is 0.481 e. The third-order valence-electron chi connectivity index (χ3n) is 2.70. The van der Waals surface area contributed by atoms with Gasteiger partial charge < -0.3 is 9.84 Å². The van der Waals surface area contributed by atoms with Crippen molar-refractivity contribution in [3.63, 3.8) is 0 Å². The van der Waals surface area contributed by atoms with Crippen LogP contribution in [0.1, 0.15) is 11.5 Å². The van der Waals surface area contributed by atoms with Gasteiger partial charge in [-0.1, -0.05) is 18.2 Å². The van der Waals surface area contributed by atoms with Gasteiger partial charge in [0.1, 0.15) is 5.82 Å². The zero-order chi connectivity index (χ0) is 10.8. The first kappa shape index (κ1) is 10.1. The molecule has 1 fully saturated rings. The van der Waals surface area contributed by atoms with E-state index in [1.807, 2.05) is 0 Å². The second-order valence-electron chi connectivity index (χ2n) is 3.61. The molecular weight excluding hydrogens is 199 g/mol. The van der Waals surface area contributed by atoms with Crippen molar-refractivity contribution in [1.29, 1.82) is 0 Å². The molecule has 2 atom stereocenters. The minimum absolute atomic E-state index is 0.161. The fourth-order valence-electron chi connectivity index (χ4n) is 1.88. The van der Waals surface area contributed by atoms with Gasteiger partial charge in [0.25, 0.3) is 0 Å². The Morgan fingerprint density at radius 1 is 1.40 bits per heavy atom. The van der Waals surface area contributed by atoms with Crippen molar-refractivity contribution < 1.29 is 19.0 Å². The Balaban J connectivity index is 2.30. The Bertz CT molecular complexity index is 378. The van der Waals surface area contributed by atoms with Gasteiger partial charge in [0.15, 0.2) is 0 Å². The molecular formula is C11H11FO3.